The zero-order chi connectivity index (χ0) is 15.9. The van der Waals surface area contributed by atoms with Gasteiger partial charge in [-0.25, -0.2) is 4.98 Å². The monoisotopic (exact) mass is 296 g/mol. The van der Waals surface area contributed by atoms with Crippen LogP contribution in [0.25, 0.3) is 0 Å². The van der Waals surface area contributed by atoms with Crippen molar-refractivity contribution in [2.75, 3.05) is 7.11 Å². The maximum absolute atomic E-state index is 8.92. The minimum absolute atomic E-state index is 0.246. The van der Waals surface area contributed by atoms with Crippen LogP contribution in [-0.4, -0.2) is 23.3 Å². The Morgan fingerprint density at radius 2 is 2.18 bits per heavy atom. The van der Waals surface area contributed by atoms with Gasteiger partial charge in [0.2, 0.25) is 5.88 Å². The molecule has 112 valence electrons. The quantitative estimate of drug-likeness (QED) is 0.625. The standard InChI is InChI=1S/C16H16N4O2/c1-11-4-5-18-16(21-3)15(11)10-22-19-9-14-7-13(8-17)6-12(2)20-14/h4-7,9H,10H2,1-3H3. The van der Waals surface area contributed by atoms with Gasteiger partial charge in [0.05, 0.1) is 36.2 Å². The van der Waals surface area contributed by atoms with Gasteiger partial charge in [-0.1, -0.05) is 5.16 Å². The smallest absolute Gasteiger partial charge is 0.220 e. The Labute approximate surface area is 129 Å². The molecule has 0 aromatic carbocycles. The summed E-state index contributed by atoms with van der Waals surface area (Å²) < 4.78 is 5.20. The topological polar surface area (TPSA) is 80.4 Å². The molecule has 0 N–H and O–H groups in total. The Morgan fingerprint density at radius 1 is 1.36 bits per heavy atom. The van der Waals surface area contributed by atoms with E-state index in [0.717, 1.165) is 16.8 Å². The van der Waals surface area contributed by atoms with Crippen molar-refractivity contribution in [1.29, 1.82) is 5.26 Å². The number of aryl methyl sites for hydroxylation is 2. The lowest BCUT2D eigenvalue weighted by molar-refractivity contribution is 0.129. The first-order chi connectivity index (χ1) is 10.6. The Balaban J connectivity index is 2.05. The number of oxime groups is 1. The largest absolute Gasteiger partial charge is 0.481 e. The zero-order valence-corrected chi connectivity index (χ0v) is 12.7. The van der Waals surface area contributed by atoms with Crippen molar-refractivity contribution < 1.29 is 9.57 Å². The van der Waals surface area contributed by atoms with Crippen LogP contribution in [0.15, 0.2) is 29.6 Å². The number of nitrogens with zero attached hydrogens (tertiary/aromatic N) is 4. The van der Waals surface area contributed by atoms with E-state index in [1.807, 2.05) is 19.9 Å². The van der Waals surface area contributed by atoms with Crippen molar-refractivity contribution in [2.24, 2.45) is 5.16 Å². The molecule has 0 saturated heterocycles. The molecule has 2 aromatic heterocycles. The van der Waals surface area contributed by atoms with Crippen molar-refractivity contribution in [3.63, 3.8) is 0 Å². The first kappa shape index (κ1) is 15.4. The fourth-order valence-corrected chi connectivity index (χ4v) is 1.93. The number of pyridine rings is 2. The Kier molecular flexibility index (Phi) is 5.04. The summed E-state index contributed by atoms with van der Waals surface area (Å²) in [4.78, 5) is 13.7. The minimum atomic E-state index is 0.246. The van der Waals surface area contributed by atoms with Crippen LogP contribution in [-0.2, 0) is 11.4 Å². The van der Waals surface area contributed by atoms with Gasteiger partial charge in [0, 0.05) is 11.9 Å². The number of methoxy groups -OCH3 is 1. The lowest BCUT2D eigenvalue weighted by Crippen LogP contribution is -1.99. The fourth-order valence-electron chi connectivity index (χ4n) is 1.93. The molecule has 0 aliphatic carbocycles. The van der Waals surface area contributed by atoms with Crippen molar-refractivity contribution >= 4 is 6.21 Å². The summed E-state index contributed by atoms with van der Waals surface area (Å²) in [6, 6.07) is 7.32. The van der Waals surface area contributed by atoms with Gasteiger partial charge < -0.3 is 9.57 Å². The van der Waals surface area contributed by atoms with Crippen molar-refractivity contribution in [3.05, 3.63) is 52.5 Å². The predicted octanol–water partition coefficient (Wildman–Crippen LogP) is 2.52. The highest BCUT2D eigenvalue weighted by Gasteiger charge is 2.07. The van der Waals surface area contributed by atoms with Crippen LogP contribution in [0, 0.1) is 25.2 Å². The summed E-state index contributed by atoms with van der Waals surface area (Å²) in [5.74, 6) is 0.524. The third kappa shape index (κ3) is 3.79. The summed E-state index contributed by atoms with van der Waals surface area (Å²) in [6.07, 6.45) is 3.16. The van der Waals surface area contributed by atoms with Crippen LogP contribution >= 0.6 is 0 Å². The third-order valence-electron chi connectivity index (χ3n) is 3.01. The van der Waals surface area contributed by atoms with Crippen LogP contribution in [0.5, 0.6) is 5.88 Å². The number of hydrogen-bond donors (Lipinski definition) is 0. The van der Waals surface area contributed by atoms with E-state index >= 15 is 0 Å². The summed E-state index contributed by atoms with van der Waals surface area (Å²) >= 11 is 0. The van der Waals surface area contributed by atoms with Gasteiger partial charge in [0.25, 0.3) is 0 Å². The van der Waals surface area contributed by atoms with E-state index < -0.39 is 0 Å². The van der Waals surface area contributed by atoms with Crippen molar-refractivity contribution in [3.8, 4) is 11.9 Å². The third-order valence-corrected chi connectivity index (χ3v) is 3.01. The first-order valence-corrected chi connectivity index (χ1v) is 6.66. The molecule has 0 bridgehead atoms. The molecule has 0 spiro atoms. The predicted molar refractivity (Wildman–Crippen MR) is 81.6 cm³/mol. The van der Waals surface area contributed by atoms with E-state index in [9.17, 15) is 0 Å². The molecule has 2 heterocycles. The maximum atomic E-state index is 8.92. The number of ether oxygens (including phenoxy) is 1. The van der Waals surface area contributed by atoms with E-state index in [-0.39, 0.29) is 6.61 Å². The van der Waals surface area contributed by atoms with E-state index in [0.29, 0.717) is 17.1 Å². The molecule has 0 fully saturated rings. The summed E-state index contributed by atoms with van der Waals surface area (Å²) in [7, 11) is 1.56. The first-order valence-electron chi connectivity index (χ1n) is 6.66. The molecule has 0 aliphatic heterocycles. The van der Waals surface area contributed by atoms with Gasteiger partial charge in [-0.2, -0.15) is 5.26 Å². The number of rotatable bonds is 5. The van der Waals surface area contributed by atoms with Crippen LogP contribution in [0.2, 0.25) is 0 Å². The number of aromatic nitrogens is 2. The average molecular weight is 296 g/mol. The van der Waals surface area contributed by atoms with E-state index in [1.165, 1.54) is 6.21 Å². The molecule has 0 amide bonds. The number of hydrogen-bond acceptors (Lipinski definition) is 6. The molecule has 0 aliphatic rings. The molecule has 2 aromatic rings. The second kappa shape index (κ2) is 7.18. The maximum Gasteiger partial charge on any atom is 0.220 e. The molecule has 0 unspecified atom stereocenters. The molecular formula is C16H16N4O2. The molecule has 2 rings (SSSR count). The molecule has 0 saturated carbocycles. The van der Waals surface area contributed by atoms with Crippen molar-refractivity contribution in [2.45, 2.75) is 20.5 Å². The summed E-state index contributed by atoms with van der Waals surface area (Å²) in [5, 5.41) is 12.8. The molecule has 6 heteroatoms. The van der Waals surface area contributed by atoms with Crippen LogP contribution in [0.3, 0.4) is 0 Å². The highest BCUT2D eigenvalue weighted by atomic mass is 16.6. The molecule has 22 heavy (non-hydrogen) atoms. The molecule has 0 radical (unpaired) electrons. The Morgan fingerprint density at radius 3 is 2.91 bits per heavy atom. The average Bonchev–Trinajstić information content (AvgIpc) is 2.52. The van der Waals surface area contributed by atoms with Crippen LogP contribution in [0.4, 0.5) is 0 Å². The lowest BCUT2D eigenvalue weighted by atomic mass is 10.2. The summed E-state index contributed by atoms with van der Waals surface area (Å²) in [6.45, 7) is 4.02. The van der Waals surface area contributed by atoms with Gasteiger partial charge in [0.15, 0.2) is 0 Å². The van der Waals surface area contributed by atoms with E-state index in [2.05, 4.69) is 21.2 Å². The highest BCUT2D eigenvalue weighted by molar-refractivity contribution is 5.77. The lowest BCUT2D eigenvalue weighted by Gasteiger charge is -2.08. The minimum Gasteiger partial charge on any atom is -0.481 e. The molecule has 0 atom stereocenters. The van der Waals surface area contributed by atoms with E-state index in [4.69, 9.17) is 14.8 Å². The van der Waals surface area contributed by atoms with Crippen molar-refractivity contribution in [1.82, 2.24) is 9.97 Å². The normalized spacial score (nSPS) is 10.5. The second-order valence-corrected chi connectivity index (χ2v) is 4.66. The van der Waals surface area contributed by atoms with Gasteiger partial charge in [-0.15, -0.1) is 0 Å². The second-order valence-electron chi connectivity index (χ2n) is 4.66. The van der Waals surface area contributed by atoms with Gasteiger partial charge in [0.1, 0.15) is 6.61 Å². The fraction of sp³-hybridized carbons (Fsp3) is 0.250. The Hall–Kier alpha value is -2.94. The number of nitriles is 1. The van der Waals surface area contributed by atoms with Gasteiger partial charge in [-0.3, -0.25) is 4.98 Å². The highest BCUT2D eigenvalue weighted by Crippen LogP contribution is 2.19. The van der Waals surface area contributed by atoms with Crippen LogP contribution < -0.4 is 4.74 Å². The zero-order valence-electron chi connectivity index (χ0n) is 12.7. The SMILES string of the molecule is COc1nccc(C)c1CON=Cc1cc(C#N)cc(C)n1. The van der Waals surface area contributed by atoms with E-state index in [1.54, 1.807) is 25.4 Å². The summed E-state index contributed by atoms with van der Waals surface area (Å²) in [5.41, 5.74) is 3.73. The Bertz CT molecular complexity index is 735. The van der Waals surface area contributed by atoms with Gasteiger partial charge >= 0.3 is 0 Å². The molecule has 6 nitrogen and oxygen atoms in total. The van der Waals surface area contributed by atoms with Crippen LogP contribution in [0.1, 0.15) is 28.1 Å². The van der Waals surface area contributed by atoms with Gasteiger partial charge in [-0.05, 0) is 37.6 Å². The molecular weight excluding hydrogens is 280 g/mol.